The molecule has 3 rings (SSSR count). The third kappa shape index (κ3) is 4.08. The first-order valence-electron chi connectivity index (χ1n) is 7.59. The van der Waals surface area contributed by atoms with Gasteiger partial charge in [-0.15, -0.1) is 11.3 Å². The minimum Gasteiger partial charge on any atom is -0.472 e. The average Bonchev–Trinajstić information content (AvgIpc) is 3.33. The second-order valence-corrected chi connectivity index (χ2v) is 8.41. The van der Waals surface area contributed by atoms with Gasteiger partial charge in [0, 0.05) is 17.0 Å². The standard InChI is InChI=1S/C17H14F3NO4S2/c18-17(19,20)12-3-1-4-14(9-12)27(23,24)21-11-16(22,13-6-7-25-10-13)15-5-2-8-26-15/h1-10,21-22H,11H2/t16-/m1/s1. The predicted molar refractivity (Wildman–Crippen MR) is 92.7 cm³/mol. The van der Waals surface area contributed by atoms with Gasteiger partial charge in [-0.3, -0.25) is 0 Å². The number of alkyl halides is 3. The van der Waals surface area contributed by atoms with Crippen LogP contribution in [0.25, 0.3) is 0 Å². The summed E-state index contributed by atoms with van der Waals surface area (Å²) in [6, 6.07) is 8.19. The Morgan fingerprint density at radius 2 is 1.89 bits per heavy atom. The van der Waals surface area contributed by atoms with E-state index < -0.39 is 38.8 Å². The molecule has 0 saturated heterocycles. The molecule has 5 nitrogen and oxygen atoms in total. The smallest absolute Gasteiger partial charge is 0.416 e. The lowest BCUT2D eigenvalue weighted by molar-refractivity contribution is -0.137. The number of sulfonamides is 1. The fourth-order valence-electron chi connectivity index (χ4n) is 2.47. The van der Waals surface area contributed by atoms with E-state index in [-0.39, 0.29) is 0 Å². The zero-order valence-corrected chi connectivity index (χ0v) is 15.2. The molecule has 0 fully saturated rings. The monoisotopic (exact) mass is 417 g/mol. The van der Waals surface area contributed by atoms with Crippen molar-refractivity contribution in [3.05, 3.63) is 76.4 Å². The summed E-state index contributed by atoms with van der Waals surface area (Å²) < 4.78 is 70.7. The molecule has 0 unspecified atom stereocenters. The lowest BCUT2D eigenvalue weighted by Crippen LogP contribution is -2.41. The van der Waals surface area contributed by atoms with Crippen LogP contribution in [0, 0.1) is 0 Å². The van der Waals surface area contributed by atoms with Gasteiger partial charge in [-0.1, -0.05) is 12.1 Å². The van der Waals surface area contributed by atoms with E-state index >= 15 is 0 Å². The van der Waals surface area contributed by atoms with Gasteiger partial charge in [0.2, 0.25) is 10.0 Å². The van der Waals surface area contributed by atoms with Gasteiger partial charge in [-0.25, -0.2) is 13.1 Å². The minimum absolute atomic E-state index is 0.316. The number of benzene rings is 1. The number of thiophene rings is 1. The molecule has 1 atom stereocenters. The van der Waals surface area contributed by atoms with Crippen molar-refractivity contribution >= 4 is 21.4 Å². The second kappa shape index (κ2) is 7.12. The highest BCUT2D eigenvalue weighted by molar-refractivity contribution is 7.89. The van der Waals surface area contributed by atoms with Crippen molar-refractivity contribution in [1.82, 2.24) is 4.72 Å². The first kappa shape index (κ1) is 19.6. The van der Waals surface area contributed by atoms with Gasteiger partial charge < -0.3 is 9.52 Å². The Labute approximate surface area is 157 Å². The van der Waals surface area contributed by atoms with Gasteiger partial charge in [0.1, 0.15) is 5.60 Å². The largest absolute Gasteiger partial charge is 0.472 e. The number of hydrogen-bond donors (Lipinski definition) is 2. The predicted octanol–water partition coefficient (Wildman–Crippen LogP) is 3.57. The maximum absolute atomic E-state index is 12.8. The normalized spacial score (nSPS) is 14.8. The highest BCUT2D eigenvalue weighted by Gasteiger charge is 2.36. The summed E-state index contributed by atoms with van der Waals surface area (Å²) in [5.74, 6) is 0. The summed E-state index contributed by atoms with van der Waals surface area (Å²) >= 11 is 1.21. The van der Waals surface area contributed by atoms with Gasteiger partial charge in [0.05, 0.1) is 23.0 Å². The Morgan fingerprint density at radius 1 is 1.11 bits per heavy atom. The van der Waals surface area contributed by atoms with Crippen molar-refractivity contribution in [2.75, 3.05) is 6.54 Å². The number of rotatable bonds is 6. The molecule has 144 valence electrons. The van der Waals surface area contributed by atoms with Crippen molar-refractivity contribution < 1.29 is 31.1 Å². The van der Waals surface area contributed by atoms with Gasteiger partial charge >= 0.3 is 6.18 Å². The van der Waals surface area contributed by atoms with Crippen LogP contribution < -0.4 is 4.72 Å². The van der Waals surface area contributed by atoms with Crippen molar-refractivity contribution in [3.63, 3.8) is 0 Å². The van der Waals surface area contributed by atoms with Crippen LogP contribution in [0.2, 0.25) is 0 Å². The fourth-order valence-corrected chi connectivity index (χ4v) is 4.42. The topological polar surface area (TPSA) is 79.5 Å². The molecular weight excluding hydrogens is 403 g/mol. The SMILES string of the molecule is O=S(=O)(NC[C@@](O)(c1ccoc1)c1cccs1)c1cccc(C(F)(F)F)c1. The number of aliphatic hydroxyl groups is 1. The van der Waals surface area contributed by atoms with Gasteiger partial charge in [0.25, 0.3) is 0 Å². The molecule has 0 aliphatic rings. The van der Waals surface area contributed by atoms with E-state index in [1.54, 1.807) is 17.5 Å². The molecular formula is C17H14F3NO4S2. The van der Waals surface area contributed by atoms with Crippen LogP contribution in [0.4, 0.5) is 13.2 Å². The molecule has 2 N–H and O–H groups in total. The lowest BCUT2D eigenvalue weighted by Gasteiger charge is -2.26. The Morgan fingerprint density at radius 3 is 2.48 bits per heavy atom. The van der Waals surface area contributed by atoms with Crippen LogP contribution in [-0.4, -0.2) is 20.1 Å². The second-order valence-electron chi connectivity index (χ2n) is 5.70. The summed E-state index contributed by atoms with van der Waals surface area (Å²) in [5.41, 5.74) is -2.49. The van der Waals surface area contributed by atoms with Crippen LogP contribution in [0.3, 0.4) is 0 Å². The summed E-state index contributed by atoms with van der Waals surface area (Å²) in [7, 11) is -4.29. The molecule has 3 aromatic rings. The van der Waals surface area contributed by atoms with Gasteiger partial charge in [-0.2, -0.15) is 13.2 Å². The quantitative estimate of drug-likeness (QED) is 0.643. The van der Waals surface area contributed by atoms with Crippen molar-refractivity contribution in [3.8, 4) is 0 Å². The maximum Gasteiger partial charge on any atom is 0.416 e. The Bertz CT molecular complexity index is 963. The van der Waals surface area contributed by atoms with Crippen molar-refractivity contribution in [1.29, 1.82) is 0 Å². The molecule has 0 aliphatic carbocycles. The molecule has 0 aliphatic heterocycles. The van der Waals surface area contributed by atoms with Crippen LogP contribution >= 0.6 is 11.3 Å². The Hall–Kier alpha value is -2.14. The number of halogens is 3. The summed E-state index contributed by atoms with van der Waals surface area (Å²) in [5, 5.41) is 12.8. The third-order valence-electron chi connectivity index (χ3n) is 3.92. The van der Waals surface area contributed by atoms with E-state index in [1.165, 1.54) is 29.9 Å². The Kier molecular flexibility index (Phi) is 5.17. The molecule has 0 radical (unpaired) electrons. The van der Waals surface area contributed by atoms with E-state index in [0.29, 0.717) is 16.5 Å². The van der Waals surface area contributed by atoms with E-state index in [9.17, 15) is 26.7 Å². The molecule has 10 heteroatoms. The summed E-state index contributed by atoms with van der Waals surface area (Å²) in [6.07, 6.45) is -2.06. The number of furan rings is 1. The maximum atomic E-state index is 12.8. The van der Waals surface area contributed by atoms with Crippen molar-refractivity contribution in [2.45, 2.75) is 16.7 Å². The number of nitrogens with one attached hydrogen (secondary N) is 1. The molecule has 0 spiro atoms. The van der Waals surface area contributed by atoms with Crippen LogP contribution in [0.15, 0.2) is 69.7 Å². The first-order chi connectivity index (χ1) is 12.6. The highest BCUT2D eigenvalue weighted by atomic mass is 32.2. The Balaban J connectivity index is 1.90. The first-order valence-corrected chi connectivity index (χ1v) is 9.95. The number of hydrogen-bond acceptors (Lipinski definition) is 5. The van der Waals surface area contributed by atoms with E-state index in [1.807, 2.05) is 0 Å². The molecule has 0 saturated carbocycles. The average molecular weight is 417 g/mol. The van der Waals surface area contributed by atoms with Crippen LogP contribution in [0.5, 0.6) is 0 Å². The zero-order valence-electron chi connectivity index (χ0n) is 13.6. The summed E-state index contributed by atoms with van der Waals surface area (Å²) in [4.78, 5) is -0.0892. The molecule has 27 heavy (non-hydrogen) atoms. The fraction of sp³-hybridized carbons (Fsp3) is 0.176. The molecule has 0 amide bonds. The lowest BCUT2D eigenvalue weighted by atomic mass is 9.95. The van der Waals surface area contributed by atoms with Gasteiger partial charge in [-0.05, 0) is 35.7 Å². The third-order valence-corrected chi connectivity index (χ3v) is 6.34. The zero-order chi connectivity index (χ0) is 19.7. The molecule has 1 aromatic carbocycles. The van der Waals surface area contributed by atoms with Crippen LogP contribution in [0.1, 0.15) is 16.0 Å². The molecule has 0 bridgehead atoms. The molecule has 2 aromatic heterocycles. The van der Waals surface area contributed by atoms with Gasteiger partial charge in [0.15, 0.2) is 0 Å². The van der Waals surface area contributed by atoms with E-state index in [2.05, 4.69) is 4.72 Å². The summed E-state index contributed by atoms with van der Waals surface area (Å²) in [6.45, 7) is -0.481. The van der Waals surface area contributed by atoms with E-state index in [4.69, 9.17) is 4.42 Å². The minimum atomic E-state index is -4.67. The molecule has 2 heterocycles. The van der Waals surface area contributed by atoms with Crippen molar-refractivity contribution in [2.24, 2.45) is 0 Å². The highest BCUT2D eigenvalue weighted by Crippen LogP contribution is 2.34. The van der Waals surface area contributed by atoms with Crippen LogP contribution in [-0.2, 0) is 21.8 Å². The van der Waals surface area contributed by atoms with E-state index in [0.717, 1.165) is 18.2 Å².